The molecule has 320 valence electrons. The van der Waals surface area contributed by atoms with Crippen LogP contribution in [0.5, 0.6) is 0 Å². The number of hydrogen-bond donors (Lipinski definition) is 0. The molecule has 67 heavy (non-hydrogen) atoms. The van der Waals surface area contributed by atoms with Crippen LogP contribution in [0.2, 0.25) is 0 Å². The molecule has 0 amide bonds. The molecule has 5 heteroatoms. The highest BCUT2D eigenvalue weighted by molar-refractivity contribution is 6.11. The molecule has 4 heterocycles. The van der Waals surface area contributed by atoms with Crippen LogP contribution in [0.15, 0.2) is 194 Å². The highest BCUT2D eigenvalue weighted by Gasteiger charge is 2.51. The van der Waals surface area contributed by atoms with E-state index in [1.165, 1.54) is 98.6 Å². The van der Waals surface area contributed by atoms with Gasteiger partial charge in [-0.1, -0.05) is 133 Å². The van der Waals surface area contributed by atoms with Crippen LogP contribution in [-0.2, 0) is 5.41 Å². The van der Waals surface area contributed by atoms with Crippen LogP contribution in [0, 0.1) is 17.8 Å². The third-order valence-corrected chi connectivity index (χ3v) is 16.2. The Labute approximate surface area is 388 Å². The van der Waals surface area contributed by atoms with E-state index in [1.54, 1.807) is 0 Å². The van der Waals surface area contributed by atoms with E-state index in [0.717, 1.165) is 62.6 Å². The lowest BCUT2D eigenvalue weighted by molar-refractivity contribution is -0.00516. The number of benzene rings is 8. The summed E-state index contributed by atoms with van der Waals surface area (Å²) in [6, 6.07) is 71.5. The lowest BCUT2D eigenvalue weighted by Crippen LogP contribution is -2.48. The van der Waals surface area contributed by atoms with Gasteiger partial charge in [0.05, 0.1) is 38.8 Å². The lowest BCUT2D eigenvalue weighted by atomic mass is 9.48. The normalized spacial score (nSPS) is 20.1. The molecule has 5 nitrogen and oxygen atoms in total. The smallest absolute Gasteiger partial charge is 0.237 e. The van der Waals surface area contributed by atoms with Gasteiger partial charge in [0.15, 0.2) is 0 Å². The average Bonchev–Trinajstić information content (AvgIpc) is 4.02. The third-order valence-electron chi connectivity index (χ3n) is 16.2. The van der Waals surface area contributed by atoms with Gasteiger partial charge in [-0.3, -0.25) is 9.13 Å². The minimum absolute atomic E-state index is 0.223. The Bertz CT molecular complexity index is 3660. The molecule has 0 unspecified atom stereocenters. The van der Waals surface area contributed by atoms with Crippen molar-refractivity contribution in [1.29, 1.82) is 0 Å². The van der Waals surface area contributed by atoms with Gasteiger partial charge >= 0.3 is 0 Å². The highest BCUT2D eigenvalue weighted by atomic mass is 15.2. The van der Waals surface area contributed by atoms with Crippen LogP contribution < -0.4 is 0 Å². The zero-order chi connectivity index (χ0) is 43.8. The average molecular weight is 862 g/mol. The quantitative estimate of drug-likeness (QED) is 0.167. The molecular formula is C62H47N5. The Morgan fingerprint density at radius 3 is 1.31 bits per heavy atom. The molecule has 4 bridgehead atoms. The zero-order valence-electron chi connectivity index (χ0n) is 37.2. The van der Waals surface area contributed by atoms with Crippen molar-refractivity contribution in [2.24, 2.45) is 17.8 Å². The molecule has 0 atom stereocenters. The van der Waals surface area contributed by atoms with Gasteiger partial charge in [0.2, 0.25) is 5.95 Å². The molecule has 0 saturated heterocycles. The number of hydrogen-bond acceptors (Lipinski definition) is 2. The number of fused-ring (bicyclic) bond motifs is 9. The van der Waals surface area contributed by atoms with E-state index >= 15 is 0 Å². The van der Waals surface area contributed by atoms with E-state index in [4.69, 9.17) is 9.97 Å². The SMILES string of the molecule is c1cc(-c2cc(C34CC5CC(CC(C5)C3)C4)ccc2-c2cc(-n3c4ccccc4c4ccccc43)nc(-n3c4ccccc4c4ccccc43)n2)cc(-n2c3ccccc3c3ccccc32)c1. The highest BCUT2D eigenvalue weighted by Crippen LogP contribution is 2.61. The number of para-hydroxylation sites is 6. The standard InChI is InChI=1S/C62H47N5/c1-7-22-54-46(16-1)47-17-2-8-23-55(47)65(54)44-15-13-14-42(33-44)52-34-43(62-36-39-30-40(37-62)32-41(31-39)38-62)28-29-45(52)53-35-60(66-56-24-9-3-18-48(56)49-19-4-10-25-57(49)66)64-61(63-53)67-58-26-11-5-20-50(58)51-21-6-12-27-59(51)67/h1-29,33-35,39-41H,30-32,36-38H2. The molecule has 4 aliphatic rings. The first-order chi connectivity index (χ1) is 33.1. The molecular weight excluding hydrogens is 815 g/mol. The van der Waals surface area contributed by atoms with Crippen LogP contribution in [0.4, 0.5) is 0 Å². The zero-order valence-corrected chi connectivity index (χ0v) is 37.2. The molecule has 4 aliphatic carbocycles. The predicted molar refractivity (Wildman–Crippen MR) is 276 cm³/mol. The second-order valence-corrected chi connectivity index (χ2v) is 20.0. The van der Waals surface area contributed by atoms with Gasteiger partial charge in [0, 0.05) is 49.6 Å². The summed E-state index contributed by atoms with van der Waals surface area (Å²) in [4.78, 5) is 11.3. The minimum atomic E-state index is 0.223. The fourth-order valence-electron chi connectivity index (χ4n) is 13.9. The molecule has 8 aromatic carbocycles. The fraction of sp³-hybridized carbons (Fsp3) is 0.161. The van der Waals surface area contributed by atoms with E-state index in [2.05, 4.69) is 208 Å². The Balaban J connectivity index is 1.01. The van der Waals surface area contributed by atoms with E-state index in [1.807, 2.05) is 0 Å². The maximum Gasteiger partial charge on any atom is 0.237 e. The van der Waals surface area contributed by atoms with Crippen molar-refractivity contribution in [3.8, 4) is 39.8 Å². The van der Waals surface area contributed by atoms with E-state index in [9.17, 15) is 0 Å². The van der Waals surface area contributed by atoms with Crippen LogP contribution in [-0.4, -0.2) is 23.7 Å². The van der Waals surface area contributed by atoms with Gasteiger partial charge in [-0.05, 0) is 133 Å². The molecule has 4 fully saturated rings. The second-order valence-electron chi connectivity index (χ2n) is 20.0. The van der Waals surface area contributed by atoms with Crippen molar-refractivity contribution in [2.75, 3.05) is 0 Å². The van der Waals surface area contributed by atoms with Gasteiger partial charge in [0.25, 0.3) is 0 Å². The second kappa shape index (κ2) is 14.1. The summed E-state index contributed by atoms with van der Waals surface area (Å²) in [7, 11) is 0. The summed E-state index contributed by atoms with van der Waals surface area (Å²) >= 11 is 0. The topological polar surface area (TPSA) is 40.6 Å². The minimum Gasteiger partial charge on any atom is -0.309 e. The molecule has 12 aromatic rings. The summed E-state index contributed by atoms with van der Waals surface area (Å²) in [6.45, 7) is 0. The monoisotopic (exact) mass is 861 g/mol. The van der Waals surface area contributed by atoms with Gasteiger partial charge in [-0.2, -0.15) is 4.98 Å². The summed E-state index contributed by atoms with van der Waals surface area (Å²) < 4.78 is 7.07. The Hall–Kier alpha value is -7.76. The van der Waals surface area contributed by atoms with Crippen LogP contribution >= 0.6 is 0 Å². The Morgan fingerprint density at radius 1 is 0.373 bits per heavy atom. The Morgan fingerprint density at radius 2 is 0.821 bits per heavy atom. The maximum atomic E-state index is 5.71. The van der Waals surface area contributed by atoms with E-state index in [-0.39, 0.29) is 5.41 Å². The molecule has 4 aromatic heterocycles. The van der Waals surface area contributed by atoms with Crippen LogP contribution in [0.25, 0.3) is 105 Å². The van der Waals surface area contributed by atoms with E-state index in [0.29, 0.717) is 5.95 Å². The molecule has 4 saturated carbocycles. The summed E-state index contributed by atoms with van der Waals surface area (Å²) in [5.41, 5.74) is 14.2. The van der Waals surface area contributed by atoms with Crippen molar-refractivity contribution in [2.45, 2.75) is 43.9 Å². The van der Waals surface area contributed by atoms with Gasteiger partial charge in [-0.15, -0.1) is 0 Å². The Kier molecular flexibility index (Phi) is 7.90. The van der Waals surface area contributed by atoms with Crippen molar-refractivity contribution in [3.05, 3.63) is 200 Å². The molecule has 0 N–H and O–H groups in total. The first-order valence-corrected chi connectivity index (χ1v) is 24.2. The van der Waals surface area contributed by atoms with Crippen molar-refractivity contribution in [1.82, 2.24) is 23.7 Å². The van der Waals surface area contributed by atoms with Gasteiger partial charge in [-0.25, -0.2) is 4.98 Å². The number of nitrogens with zero attached hydrogens (tertiary/aromatic N) is 5. The summed E-state index contributed by atoms with van der Waals surface area (Å²) in [5, 5.41) is 7.33. The van der Waals surface area contributed by atoms with Crippen molar-refractivity contribution >= 4 is 65.4 Å². The molecule has 0 radical (unpaired) electrons. The number of rotatable bonds is 6. The summed E-state index contributed by atoms with van der Waals surface area (Å²) in [6.07, 6.45) is 8.18. The lowest BCUT2D eigenvalue weighted by Gasteiger charge is -2.57. The van der Waals surface area contributed by atoms with Crippen LogP contribution in [0.3, 0.4) is 0 Å². The predicted octanol–water partition coefficient (Wildman–Crippen LogP) is 15.6. The molecule has 0 aliphatic heterocycles. The largest absolute Gasteiger partial charge is 0.309 e. The van der Waals surface area contributed by atoms with Crippen molar-refractivity contribution < 1.29 is 0 Å². The fourth-order valence-corrected chi connectivity index (χ4v) is 13.9. The number of aromatic nitrogens is 5. The summed E-state index contributed by atoms with van der Waals surface area (Å²) in [5.74, 6) is 4.03. The van der Waals surface area contributed by atoms with Gasteiger partial charge in [0.1, 0.15) is 5.82 Å². The van der Waals surface area contributed by atoms with Crippen LogP contribution in [0.1, 0.15) is 44.1 Å². The first kappa shape index (κ1) is 37.5. The van der Waals surface area contributed by atoms with Gasteiger partial charge < -0.3 is 4.57 Å². The molecule has 0 spiro atoms. The third kappa shape index (κ3) is 5.55. The maximum absolute atomic E-state index is 5.71. The van der Waals surface area contributed by atoms with E-state index < -0.39 is 0 Å². The van der Waals surface area contributed by atoms with Crippen molar-refractivity contribution in [3.63, 3.8) is 0 Å². The molecule has 16 rings (SSSR count). The first-order valence-electron chi connectivity index (χ1n) is 24.2.